The molecule has 1 saturated carbocycles. The van der Waals surface area contributed by atoms with Crippen molar-refractivity contribution in [1.29, 1.82) is 0 Å². The van der Waals surface area contributed by atoms with Gasteiger partial charge in [0.15, 0.2) is 0 Å². The number of alkyl halides is 6. The molecular formula is C29H32F6N4O4. The monoisotopic (exact) mass is 614 g/mol. The maximum Gasteiger partial charge on any atom is 0.423 e. The molecule has 2 fully saturated rings. The van der Waals surface area contributed by atoms with Gasteiger partial charge in [0.2, 0.25) is 5.91 Å². The largest absolute Gasteiger partial charge is 0.423 e. The van der Waals surface area contributed by atoms with Gasteiger partial charge < -0.3 is 19.9 Å². The Kier molecular flexibility index (Phi) is 9.57. The average Bonchev–Trinajstić information content (AvgIpc) is 2.95. The maximum atomic E-state index is 13.3. The fourth-order valence-corrected chi connectivity index (χ4v) is 5.58. The summed E-state index contributed by atoms with van der Waals surface area (Å²) in [5.41, 5.74) is -2.30. The summed E-state index contributed by atoms with van der Waals surface area (Å²) < 4.78 is 84.6. The van der Waals surface area contributed by atoms with Crippen LogP contribution in [-0.2, 0) is 21.9 Å². The third-order valence-electron chi connectivity index (χ3n) is 7.88. The van der Waals surface area contributed by atoms with E-state index in [0.29, 0.717) is 44.5 Å². The van der Waals surface area contributed by atoms with Gasteiger partial charge in [0, 0.05) is 42.6 Å². The average molecular weight is 615 g/mol. The summed E-state index contributed by atoms with van der Waals surface area (Å²) in [5, 5.41) is 14.0. The molecule has 0 spiro atoms. The molecular weight excluding hydrogens is 582 g/mol. The summed E-state index contributed by atoms with van der Waals surface area (Å²) >= 11 is 0. The van der Waals surface area contributed by atoms with Crippen molar-refractivity contribution in [2.75, 3.05) is 29.9 Å². The van der Waals surface area contributed by atoms with Crippen LogP contribution in [-0.4, -0.2) is 59.7 Å². The number of hydrogen-bond donors (Lipinski definition) is 1. The number of hydrogen-bond acceptors (Lipinski definition) is 6. The van der Waals surface area contributed by atoms with Gasteiger partial charge in [-0.25, -0.2) is 0 Å². The van der Waals surface area contributed by atoms with Gasteiger partial charge in [0.25, 0.3) is 5.69 Å². The zero-order chi connectivity index (χ0) is 31.5. The highest BCUT2D eigenvalue weighted by molar-refractivity contribution is 5.78. The number of carbonyl (C=O) groups is 1. The van der Waals surface area contributed by atoms with E-state index in [0.717, 1.165) is 24.3 Å². The molecule has 0 bridgehead atoms. The minimum absolute atomic E-state index is 0.137. The molecule has 1 amide bonds. The third kappa shape index (κ3) is 7.78. The Morgan fingerprint density at radius 1 is 1.05 bits per heavy atom. The quantitative estimate of drug-likeness (QED) is 0.155. The van der Waals surface area contributed by atoms with Crippen molar-refractivity contribution in [2.45, 2.75) is 69.2 Å². The first kappa shape index (κ1) is 32.1. The molecule has 8 nitrogen and oxygen atoms in total. The molecule has 1 aliphatic heterocycles. The van der Waals surface area contributed by atoms with E-state index in [-0.39, 0.29) is 42.4 Å². The topological polar surface area (TPSA) is 88.0 Å². The Morgan fingerprint density at radius 3 is 2.26 bits per heavy atom. The summed E-state index contributed by atoms with van der Waals surface area (Å²) in [5.74, 6) is -0.241. The van der Waals surface area contributed by atoms with Crippen molar-refractivity contribution >= 4 is 23.0 Å². The number of nitro benzene ring substituents is 1. The second-order valence-corrected chi connectivity index (χ2v) is 10.8. The second kappa shape index (κ2) is 12.8. The fraction of sp³-hybridized carbons (Fsp3) is 0.483. The highest BCUT2D eigenvalue weighted by atomic mass is 19.4. The third-order valence-corrected chi connectivity index (χ3v) is 7.88. The van der Waals surface area contributed by atoms with Crippen molar-refractivity contribution in [2.24, 2.45) is 0 Å². The molecule has 1 N–H and O–H groups in total. The van der Waals surface area contributed by atoms with E-state index in [9.17, 15) is 41.3 Å². The molecule has 2 aliphatic rings. The van der Waals surface area contributed by atoms with Crippen molar-refractivity contribution in [1.82, 2.24) is 4.90 Å². The first-order valence-corrected chi connectivity index (χ1v) is 13.8. The maximum absolute atomic E-state index is 13.3. The second-order valence-electron chi connectivity index (χ2n) is 10.8. The van der Waals surface area contributed by atoms with Gasteiger partial charge in [-0.3, -0.25) is 14.9 Å². The van der Waals surface area contributed by atoms with E-state index < -0.39 is 34.1 Å². The summed E-state index contributed by atoms with van der Waals surface area (Å²) in [6, 6.07) is 7.03. The molecule has 1 saturated heterocycles. The lowest BCUT2D eigenvalue weighted by Crippen LogP contribution is -2.59. The predicted octanol–water partition coefficient (Wildman–Crippen LogP) is 6.66. The zero-order valence-corrected chi connectivity index (χ0v) is 23.3. The van der Waals surface area contributed by atoms with Crippen LogP contribution in [0.25, 0.3) is 0 Å². The summed E-state index contributed by atoms with van der Waals surface area (Å²) in [6.45, 7) is 6.23. The Bertz CT molecular complexity index is 1310. The van der Waals surface area contributed by atoms with E-state index in [2.05, 4.69) is 11.9 Å². The van der Waals surface area contributed by atoms with Crippen LogP contribution in [0.3, 0.4) is 0 Å². The number of halogens is 6. The molecule has 0 radical (unpaired) electrons. The van der Waals surface area contributed by atoms with Gasteiger partial charge in [-0.05, 0) is 69.0 Å². The highest BCUT2D eigenvalue weighted by Crippen LogP contribution is 2.38. The summed E-state index contributed by atoms with van der Waals surface area (Å²) in [6.07, 6.45) is -5.64. The number of amides is 1. The van der Waals surface area contributed by atoms with Gasteiger partial charge in [-0.15, -0.1) is 6.58 Å². The standard InChI is InChI=1S/C29H32F6N4O4/c1-3-22-16-37(23-9-4-19(5-10-23)28(30,31)32)18(2)15-38(22)27(40)17-43-24-11-6-20(7-12-24)36-21-8-13-26(39(41)42)25(14-21)29(33,34)35/h3-5,8-10,13-14,18,20,22,24,36H,1,6-7,11-12,15-17H2,2H3. The molecule has 2 aromatic rings. The van der Waals surface area contributed by atoms with Gasteiger partial charge in [-0.2, -0.15) is 26.3 Å². The molecule has 2 aromatic carbocycles. The number of piperazine rings is 1. The lowest BCUT2D eigenvalue weighted by molar-refractivity contribution is -0.388. The SMILES string of the molecule is C=CC1CN(c2ccc(C(F)(F)F)cc2)C(C)CN1C(=O)COC1CCC(Nc2ccc([N+](=O)[O-])c(C(F)(F)F)c2)CC1. The predicted molar refractivity (Wildman–Crippen MR) is 148 cm³/mol. The van der Waals surface area contributed by atoms with Crippen LogP contribution >= 0.6 is 0 Å². The Balaban J connectivity index is 1.27. The van der Waals surface area contributed by atoms with Crippen LogP contribution in [0.2, 0.25) is 0 Å². The van der Waals surface area contributed by atoms with Crippen LogP contribution in [0.1, 0.15) is 43.7 Å². The van der Waals surface area contributed by atoms with Crippen molar-refractivity contribution in [3.8, 4) is 0 Å². The van der Waals surface area contributed by atoms with Crippen molar-refractivity contribution < 1.29 is 40.8 Å². The number of rotatable bonds is 8. The summed E-state index contributed by atoms with van der Waals surface area (Å²) in [4.78, 5) is 26.6. The van der Waals surface area contributed by atoms with Gasteiger partial charge in [0.05, 0.1) is 22.6 Å². The number of carbonyl (C=O) groups excluding carboxylic acids is 1. The molecule has 1 aliphatic carbocycles. The van der Waals surface area contributed by atoms with E-state index in [1.807, 2.05) is 11.8 Å². The minimum Gasteiger partial charge on any atom is -0.382 e. The number of nitrogens with one attached hydrogen (secondary N) is 1. The van der Waals surface area contributed by atoms with Crippen LogP contribution in [0.4, 0.5) is 43.4 Å². The molecule has 14 heteroatoms. The fourth-order valence-electron chi connectivity index (χ4n) is 5.58. The van der Waals surface area contributed by atoms with Crippen LogP contribution in [0, 0.1) is 10.1 Å². The van der Waals surface area contributed by atoms with E-state index in [1.54, 1.807) is 11.0 Å². The van der Waals surface area contributed by atoms with Crippen molar-refractivity contribution in [3.05, 3.63) is 76.4 Å². The Labute approximate surface area is 244 Å². The van der Waals surface area contributed by atoms with E-state index in [1.165, 1.54) is 18.2 Å². The molecule has 2 unspecified atom stereocenters. The minimum atomic E-state index is -4.87. The molecule has 234 valence electrons. The lowest BCUT2D eigenvalue weighted by Gasteiger charge is -2.45. The summed E-state index contributed by atoms with van der Waals surface area (Å²) in [7, 11) is 0. The lowest BCUT2D eigenvalue weighted by atomic mass is 9.92. The van der Waals surface area contributed by atoms with Gasteiger partial charge in [0.1, 0.15) is 12.2 Å². The van der Waals surface area contributed by atoms with Gasteiger partial charge in [-0.1, -0.05) is 6.08 Å². The number of anilines is 2. The first-order chi connectivity index (χ1) is 20.2. The van der Waals surface area contributed by atoms with Crippen LogP contribution in [0.15, 0.2) is 55.1 Å². The van der Waals surface area contributed by atoms with Crippen LogP contribution in [0.5, 0.6) is 0 Å². The number of nitrogens with zero attached hydrogens (tertiary/aromatic N) is 3. The van der Waals surface area contributed by atoms with Gasteiger partial charge >= 0.3 is 12.4 Å². The molecule has 2 atom stereocenters. The normalized spacial score (nSPS) is 23.1. The Morgan fingerprint density at radius 2 is 1.70 bits per heavy atom. The Hall–Kier alpha value is -3.81. The molecule has 1 heterocycles. The van der Waals surface area contributed by atoms with Crippen molar-refractivity contribution in [3.63, 3.8) is 0 Å². The highest BCUT2D eigenvalue weighted by Gasteiger charge is 2.39. The van der Waals surface area contributed by atoms with Crippen LogP contribution < -0.4 is 10.2 Å². The molecule has 0 aromatic heterocycles. The van der Waals surface area contributed by atoms with E-state index in [4.69, 9.17) is 4.74 Å². The molecule has 43 heavy (non-hydrogen) atoms. The molecule has 4 rings (SSSR count). The number of ether oxygens (including phenoxy) is 1. The zero-order valence-electron chi connectivity index (χ0n) is 23.3. The number of benzene rings is 2. The number of nitro groups is 1. The van der Waals surface area contributed by atoms with E-state index >= 15 is 0 Å². The first-order valence-electron chi connectivity index (χ1n) is 13.8. The smallest absolute Gasteiger partial charge is 0.382 e.